The molecule has 1 aromatic heterocycles. The van der Waals surface area contributed by atoms with E-state index in [2.05, 4.69) is 27.8 Å². The molecule has 2 N–H and O–H groups in total. The van der Waals surface area contributed by atoms with E-state index in [9.17, 15) is 4.79 Å². The van der Waals surface area contributed by atoms with Gasteiger partial charge in [0.05, 0.1) is 5.54 Å². The number of hydrogen-bond acceptors (Lipinski definition) is 2. The Bertz CT molecular complexity index is 607. The summed E-state index contributed by atoms with van der Waals surface area (Å²) in [7, 11) is 0. The number of carbonyl (C=O) groups excluding carboxylic acids is 1. The van der Waals surface area contributed by atoms with Crippen molar-refractivity contribution in [3.05, 3.63) is 66.0 Å². The van der Waals surface area contributed by atoms with E-state index in [4.69, 9.17) is 0 Å². The van der Waals surface area contributed by atoms with Crippen molar-refractivity contribution in [2.45, 2.75) is 37.8 Å². The molecule has 0 spiro atoms. The lowest BCUT2D eigenvalue weighted by atomic mass is 9.88. The van der Waals surface area contributed by atoms with Crippen molar-refractivity contribution in [3.63, 3.8) is 0 Å². The van der Waals surface area contributed by atoms with Gasteiger partial charge in [-0.1, -0.05) is 43.2 Å². The Hall–Kier alpha value is -2.36. The molecule has 22 heavy (non-hydrogen) atoms. The summed E-state index contributed by atoms with van der Waals surface area (Å²) < 4.78 is 0. The van der Waals surface area contributed by atoms with Crippen molar-refractivity contribution in [2.75, 3.05) is 0 Å². The van der Waals surface area contributed by atoms with E-state index < -0.39 is 0 Å². The monoisotopic (exact) mass is 295 g/mol. The van der Waals surface area contributed by atoms with Gasteiger partial charge in [-0.15, -0.1) is 0 Å². The first-order valence-electron chi connectivity index (χ1n) is 7.79. The van der Waals surface area contributed by atoms with Crippen molar-refractivity contribution in [1.82, 2.24) is 15.6 Å². The summed E-state index contributed by atoms with van der Waals surface area (Å²) in [6, 6.07) is 14.0. The molecule has 1 heterocycles. The van der Waals surface area contributed by atoms with Crippen molar-refractivity contribution in [2.24, 2.45) is 0 Å². The van der Waals surface area contributed by atoms with Crippen LogP contribution in [-0.4, -0.2) is 11.0 Å². The molecule has 2 aromatic rings. The summed E-state index contributed by atoms with van der Waals surface area (Å²) in [4.78, 5) is 16.3. The van der Waals surface area contributed by atoms with Gasteiger partial charge in [0.1, 0.15) is 0 Å². The first-order valence-corrected chi connectivity index (χ1v) is 7.79. The van der Waals surface area contributed by atoms with Crippen molar-refractivity contribution in [1.29, 1.82) is 0 Å². The Morgan fingerprint density at radius 1 is 1.05 bits per heavy atom. The predicted molar refractivity (Wildman–Crippen MR) is 86.2 cm³/mol. The molecule has 4 nitrogen and oxygen atoms in total. The zero-order valence-electron chi connectivity index (χ0n) is 12.6. The van der Waals surface area contributed by atoms with Crippen LogP contribution in [0.2, 0.25) is 0 Å². The van der Waals surface area contributed by atoms with Crippen molar-refractivity contribution in [3.8, 4) is 0 Å². The standard InChI is InChI=1S/C18H21N3O/c22-17(20-14-15-8-12-19-13-9-15)21-18(10-4-5-11-18)16-6-2-1-3-7-16/h1-3,6-9,12-13H,4-5,10-11,14H2,(H2,20,21,22). The van der Waals surface area contributed by atoms with E-state index in [1.807, 2.05) is 30.3 Å². The molecule has 1 saturated carbocycles. The largest absolute Gasteiger partial charge is 0.334 e. The SMILES string of the molecule is O=C(NCc1ccncc1)NC1(c2ccccc2)CCCC1. The highest BCUT2D eigenvalue weighted by atomic mass is 16.2. The van der Waals surface area contributed by atoms with Gasteiger partial charge in [-0.25, -0.2) is 4.79 Å². The van der Waals surface area contributed by atoms with Crippen LogP contribution in [0, 0.1) is 0 Å². The lowest BCUT2D eigenvalue weighted by Gasteiger charge is -2.31. The highest BCUT2D eigenvalue weighted by Gasteiger charge is 2.36. The molecule has 2 amide bonds. The van der Waals surface area contributed by atoms with E-state index in [0.29, 0.717) is 6.54 Å². The van der Waals surface area contributed by atoms with Gasteiger partial charge in [0.25, 0.3) is 0 Å². The summed E-state index contributed by atoms with van der Waals surface area (Å²) in [5.41, 5.74) is 2.03. The third kappa shape index (κ3) is 3.27. The fourth-order valence-corrected chi connectivity index (χ4v) is 3.17. The van der Waals surface area contributed by atoms with Gasteiger partial charge in [-0.3, -0.25) is 4.98 Å². The van der Waals surface area contributed by atoms with Crippen LogP contribution in [0.3, 0.4) is 0 Å². The lowest BCUT2D eigenvalue weighted by molar-refractivity contribution is 0.224. The Morgan fingerprint density at radius 2 is 1.73 bits per heavy atom. The quantitative estimate of drug-likeness (QED) is 0.909. The zero-order chi connectivity index (χ0) is 15.3. The van der Waals surface area contributed by atoms with E-state index in [1.54, 1.807) is 12.4 Å². The minimum atomic E-state index is -0.219. The van der Waals surface area contributed by atoms with Gasteiger partial charge in [0, 0.05) is 18.9 Å². The van der Waals surface area contributed by atoms with Gasteiger partial charge in [-0.05, 0) is 36.1 Å². The summed E-state index contributed by atoms with van der Waals surface area (Å²) in [6.07, 6.45) is 7.77. The number of amides is 2. The number of carbonyl (C=O) groups is 1. The molecule has 0 aliphatic heterocycles. The molecular formula is C18H21N3O. The van der Waals surface area contributed by atoms with Crippen LogP contribution in [0.15, 0.2) is 54.9 Å². The van der Waals surface area contributed by atoms with Crippen LogP contribution in [0.25, 0.3) is 0 Å². The number of rotatable bonds is 4. The fourth-order valence-electron chi connectivity index (χ4n) is 3.17. The molecule has 3 rings (SSSR count). The number of benzene rings is 1. The summed E-state index contributed by atoms with van der Waals surface area (Å²) in [6.45, 7) is 0.513. The highest BCUT2D eigenvalue weighted by molar-refractivity contribution is 5.75. The number of hydrogen-bond donors (Lipinski definition) is 2. The number of nitrogens with one attached hydrogen (secondary N) is 2. The van der Waals surface area contributed by atoms with E-state index in [0.717, 1.165) is 31.2 Å². The zero-order valence-corrected chi connectivity index (χ0v) is 12.6. The Kier molecular flexibility index (Phi) is 4.37. The summed E-state index contributed by atoms with van der Waals surface area (Å²) in [5, 5.41) is 6.16. The smallest absolute Gasteiger partial charge is 0.315 e. The maximum absolute atomic E-state index is 12.3. The maximum atomic E-state index is 12.3. The topological polar surface area (TPSA) is 54.0 Å². The average Bonchev–Trinajstić information content (AvgIpc) is 3.04. The van der Waals surface area contributed by atoms with Gasteiger partial charge in [-0.2, -0.15) is 0 Å². The van der Waals surface area contributed by atoms with E-state index >= 15 is 0 Å². The first kappa shape index (κ1) is 14.6. The van der Waals surface area contributed by atoms with Crippen LogP contribution >= 0.6 is 0 Å². The normalized spacial score (nSPS) is 16.2. The van der Waals surface area contributed by atoms with Crippen molar-refractivity contribution < 1.29 is 4.79 Å². The Labute approximate surface area is 131 Å². The van der Waals surface area contributed by atoms with E-state index in [1.165, 1.54) is 5.56 Å². The van der Waals surface area contributed by atoms with Gasteiger partial charge in [0.15, 0.2) is 0 Å². The molecule has 1 aliphatic carbocycles. The third-order valence-electron chi connectivity index (χ3n) is 4.34. The second-order valence-corrected chi connectivity index (χ2v) is 5.82. The molecule has 0 bridgehead atoms. The van der Waals surface area contributed by atoms with Crippen LogP contribution in [0.5, 0.6) is 0 Å². The second kappa shape index (κ2) is 6.60. The lowest BCUT2D eigenvalue weighted by Crippen LogP contribution is -2.48. The Balaban J connectivity index is 1.65. The summed E-state index contributed by atoms with van der Waals surface area (Å²) in [5.74, 6) is 0. The molecule has 1 fully saturated rings. The number of pyridine rings is 1. The number of nitrogens with zero attached hydrogens (tertiary/aromatic N) is 1. The molecule has 1 aliphatic rings. The van der Waals surface area contributed by atoms with Gasteiger partial charge >= 0.3 is 6.03 Å². The Morgan fingerprint density at radius 3 is 2.41 bits per heavy atom. The summed E-state index contributed by atoms with van der Waals surface area (Å²) >= 11 is 0. The number of aromatic nitrogens is 1. The minimum absolute atomic E-state index is 0.109. The van der Waals surface area contributed by atoms with Crippen LogP contribution in [0.4, 0.5) is 4.79 Å². The van der Waals surface area contributed by atoms with E-state index in [-0.39, 0.29) is 11.6 Å². The predicted octanol–water partition coefficient (Wildman–Crippen LogP) is 3.35. The molecule has 0 atom stereocenters. The second-order valence-electron chi connectivity index (χ2n) is 5.82. The number of urea groups is 1. The fraction of sp³-hybridized carbons (Fsp3) is 0.333. The minimum Gasteiger partial charge on any atom is -0.334 e. The van der Waals surface area contributed by atoms with Gasteiger partial charge in [0.2, 0.25) is 0 Å². The molecule has 0 unspecified atom stereocenters. The van der Waals surface area contributed by atoms with Crippen LogP contribution in [0.1, 0.15) is 36.8 Å². The molecule has 1 aromatic carbocycles. The van der Waals surface area contributed by atoms with Crippen LogP contribution in [-0.2, 0) is 12.1 Å². The van der Waals surface area contributed by atoms with Crippen LogP contribution < -0.4 is 10.6 Å². The van der Waals surface area contributed by atoms with Gasteiger partial charge < -0.3 is 10.6 Å². The maximum Gasteiger partial charge on any atom is 0.315 e. The third-order valence-corrected chi connectivity index (χ3v) is 4.34. The first-order chi connectivity index (χ1) is 10.8. The molecule has 0 radical (unpaired) electrons. The molecule has 0 saturated heterocycles. The van der Waals surface area contributed by atoms with Crippen molar-refractivity contribution >= 4 is 6.03 Å². The average molecular weight is 295 g/mol. The molecule has 4 heteroatoms. The molecule has 114 valence electrons. The molecular weight excluding hydrogens is 274 g/mol. The highest BCUT2D eigenvalue weighted by Crippen LogP contribution is 2.38.